The Morgan fingerprint density at radius 2 is 1.94 bits per heavy atom. The van der Waals surface area contributed by atoms with E-state index < -0.39 is 22.4 Å². The number of hydrogen-bond acceptors (Lipinski definition) is 5. The lowest BCUT2D eigenvalue weighted by Crippen LogP contribution is -2.09. The van der Waals surface area contributed by atoms with Crippen molar-refractivity contribution in [2.24, 2.45) is 0 Å². The fourth-order valence-corrected chi connectivity index (χ4v) is 1.05. The molecule has 0 saturated carbocycles. The Bertz CT molecular complexity index is 519. The molecule has 0 aliphatic carbocycles. The maximum atomic E-state index is 10.8. The smallest absolute Gasteiger partial charge is 0.376 e. The molecule has 1 rings (SSSR count). The number of ketones is 1. The van der Waals surface area contributed by atoms with Crippen molar-refractivity contribution in [2.75, 3.05) is 0 Å². The van der Waals surface area contributed by atoms with Gasteiger partial charge in [-0.3, -0.25) is 14.9 Å². The first-order chi connectivity index (χ1) is 7.91. The first-order valence-corrected chi connectivity index (χ1v) is 4.34. The third-order valence-electron chi connectivity index (χ3n) is 1.83. The largest absolute Gasteiger partial charge is 0.507 e. The summed E-state index contributed by atoms with van der Waals surface area (Å²) in [6.07, 6.45) is 0.487. The first kappa shape index (κ1) is 12.4. The number of benzene rings is 1. The summed E-state index contributed by atoms with van der Waals surface area (Å²) >= 11 is 0. The van der Waals surface area contributed by atoms with Crippen molar-refractivity contribution < 1.29 is 24.7 Å². The van der Waals surface area contributed by atoms with Crippen LogP contribution in [0.3, 0.4) is 0 Å². The number of aliphatic hydroxyl groups is 1. The van der Waals surface area contributed by atoms with Crippen LogP contribution in [0, 0.1) is 10.1 Å². The molecule has 0 fully saturated rings. The van der Waals surface area contributed by atoms with E-state index in [1.54, 1.807) is 0 Å². The van der Waals surface area contributed by atoms with Crippen LogP contribution in [0.4, 0.5) is 5.69 Å². The quantitative estimate of drug-likeness (QED) is 0.266. The second-order valence-corrected chi connectivity index (χ2v) is 3.01. The molecule has 2 N–H and O–H groups in total. The third-order valence-corrected chi connectivity index (χ3v) is 1.83. The summed E-state index contributed by atoms with van der Waals surface area (Å²) in [7, 11) is 0. The van der Waals surface area contributed by atoms with E-state index in [4.69, 9.17) is 5.11 Å². The molecule has 0 heterocycles. The van der Waals surface area contributed by atoms with Gasteiger partial charge in [0.05, 0.1) is 4.92 Å². The Kier molecular flexibility index (Phi) is 3.55. The third kappa shape index (κ3) is 3.13. The summed E-state index contributed by atoms with van der Waals surface area (Å²) in [5.74, 6) is -3.67. The van der Waals surface area contributed by atoms with Gasteiger partial charge in [0.1, 0.15) is 5.76 Å². The van der Waals surface area contributed by atoms with Gasteiger partial charge in [-0.2, -0.15) is 0 Å². The number of nitrogens with zero attached hydrogens (tertiary/aromatic N) is 1. The molecule has 88 valence electrons. The van der Waals surface area contributed by atoms with Crippen molar-refractivity contribution in [1.29, 1.82) is 0 Å². The Hall–Kier alpha value is -2.70. The van der Waals surface area contributed by atoms with Crippen molar-refractivity contribution in [1.82, 2.24) is 0 Å². The molecule has 0 spiro atoms. The number of aliphatic hydroxyl groups excluding tert-OH is 1. The average molecular weight is 237 g/mol. The molecule has 0 bridgehead atoms. The van der Waals surface area contributed by atoms with E-state index in [2.05, 4.69) is 0 Å². The van der Waals surface area contributed by atoms with Crippen LogP contribution >= 0.6 is 0 Å². The van der Waals surface area contributed by atoms with Gasteiger partial charge in [0.2, 0.25) is 0 Å². The van der Waals surface area contributed by atoms with Gasteiger partial charge < -0.3 is 10.2 Å². The summed E-state index contributed by atoms with van der Waals surface area (Å²) in [6.45, 7) is 0. The number of aliphatic carboxylic acids is 1. The molecule has 1 aromatic carbocycles. The zero-order chi connectivity index (χ0) is 13.0. The molecule has 0 aromatic heterocycles. The predicted molar refractivity (Wildman–Crippen MR) is 56.3 cm³/mol. The van der Waals surface area contributed by atoms with Crippen LogP contribution in [0.25, 0.3) is 5.76 Å². The van der Waals surface area contributed by atoms with Crippen LogP contribution in [0.5, 0.6) is 0 Å². The summed E-state index contributed by atoms with van der Waals surface area (Å²) in [4.78, 5) is 30.8. The number of carboxylic acid groups (broad SMARTS) is 1. The molecule has 0 amide bonds. The topological polar surface area (TPSA) is 118 Å². The van der Waals surface area contributed by atoms with Crippen LogP contribution in [-0.2, 0) is 9.59 Å². The van der Waals surface area contributed by atoms with Crippen LogP contribution in [0.2, 0.25) is 0 Å². The molecule has 0 atom stereocenters. The van der Waals surface area contributed by atoms with Crippen LogP contribution in [0.1, 0.15) is 5.56 Å². The second-order valence-electron chi connectivity index (χ2n) is 3.01. The standard InChI is InChI=1S/C10H7NO6/c12-8(5-9(13)10(14)15)6-2-1-3-7(4-6)11(16)17/h1-5,12H,(H,14,15)/b8-5+. The Labute approximate surface area is 94.8 Å². The maximum absolute atomic E-state index is 10.8. The molecular formula is C10H7NO6. The maximum Gasteiger partial charge on any atom is 0.376 e. The molecule has 0 radical (unpaired) electrons. The number of rotatable bonds is 4. The minimum Gasteiger partial charge on any atom is -0.507 e. The minimum absolute atomic E-state index is 0.00574. The molecule has 0 aliphatic rings. The fourth-order valence-electron chi connectivity index (χ4n) is 1.05. The highest BCUT2D eigenvalue weighted by molar-refractivity contribution is 6.38. The number of nitro benzene ring substituents is 1. The lowest BCUT2D eigenvalue weighted by atomic mass is 10.1. The normalized spacial score (nSPS) is 10.9. The van der Waals surface area contributed by atoms with Gasteiger partial charge in [0, 0.05) is 23.8 Å². The minimum atomic E-state index is -1.72. The number of carboxylic acids is 1. The van der Waals surface area contributed by atoms with Gasteiger partial charge in [-0.15, -0.1) is 0 Å². The van der Waals surface area contributed by atoms with Crippen molar-refractivity contribution in [3.05, 3.63) is 46.0 Å². The number of hydrogen-bond donors (Lipinski definition) is 2. The molecule has 0 aliphatic heterocycles. The molecule has 1 aromatic rings. The molecule has 7 heteroatoms. The van der Waals surface area contributed by atoms with Crippen molar-refractivity contribution in [3.8, 4) is 0 Å². The van der Waals surface area contributed by atoms with E-state index in [0.29, 0.717) is 6.08 Å². The van der Waals surface area contributed by atoms with E-state index in [0.717, 1.165) is 6.07 Å². The lowest BCUT2D eigenvalue weighted by Gasteiger charge is -1.99. The number of carbonyl (C=O) groups is 2. The highest BCUT2D eigenvalue weighted by atomic mass is 16.6. The van der Waals surface area contributed by atoms with Gasteiger partial charge in [-0.1, -0.05) is 12.1 Å². The molecular weight excluding hydrogens is 230 g/mol. The SMILES string of the molecule is O=C(O)C(=O)/C=C(/O)c1cccc([N+](=O)[O-])c1. The Morgan fingerprint density at radius 3 is 2.47 bits per heavy atom. The fraction of sp³-hybridized carbons (Fsp3) is 0. The van der Waals surface area contributed by atoms with E-state index in [1.807, 2.05) is 0 Å². The summed E-state index contributed by atoms with van der Waals surface area (Å²) in [5, 5.41) is 28.2. The molecule has 7 nitrogen and oxygen atoms in total. The predicted octanol–water partition coefficient (Wildman–Crippen LogP) is 1.15. The van der Waals surface area contributed by atoms with E-state index in [9.17, 15) is 24.8 Å². The van der Waals surface area contributed by atoms with Gasteiger partial charge in [-0.25, -0.2) is 4.79 Å². The summed E-state index contributed by atoms with van der Waals surface area (Å²) < 4.78 is 0. The van der Waals surface area contributed by atoms with Crippen LogP contribution in [0.15, 0.2) is 30.3 Å². The van der Waals surface area contributed by atoms with Crippen molar-refractivity contribution in [3.63, 3.8) is 0 Å². The van der Waals surface area contributed by atoms with Gasteiger partial charge in [0.15, 0.2) is 0 Å². The van der Waals surface area contributed by atoms with Gasteiger partial charge >= 0.3 is 5.97 Å². The van der Waals surface area contributed by atoms with Gasteiger partial charge in [-0.05, 0) is 0 Å². The molecule has 17 heavy (non-hydrogen) atoms. The number of nitro groups is 1. The highest BCUT2D eigenvalue weighted by Crippen LogP contribution is 2.18. The van der Waals surface area contributed by atoms with Crippen molar-refractivity contribution in [2.45, 2.75) is 0 Å². The summed E-state index contributed by atoms with van der Waals surface area (Å²) in [6, 6.07) is 4.85. The molecule has 0 unspecified atom stereocenters. The summed E-state index contributed by atoms with van der Waals surface area (Å²) in [5.41, 5.74) is -0.279. The van der Waals surface area contributed by atoms with E-state index in [1.165, 1.54) is 18.2 Å². The monoisotopic (exact) mass is 237 g/mol. The zero-order valence-corrected chi connectivity index (χ0v) is 8.36. The average Bonchev–Trinajstić information content (AvgIpc) is 2.28. The Morgan fingerprint density at radius 1 is 1.29 bits per heavy atom. The zero-order valence-electron chi connectivity index (χ0n) is 8.36. The van der Waals surface area contributed by atoms with E-state index in [-0.39, 0.29) is 11.3 Å². The second kappa shape index (κ2) is 4.88. The molecule has 0 saturated heterocycles. The van der Waals surface area contributed by atoms with Crippen LogP contribution < -0.4 is 0 Å². The Balaban J connectivity index is 3.08. The van der Waals surface area contributed by atoms with E-state index >= 15 is 0 Å². The van der Waals surface area contributed by atoms with Crippen LogP contribution in [-0.4, -0.2) is 26.9 Å². The number of carbonyl (C=O) groups excluding carboxylic acids is 1. The van der Waals surface area contributed by atoms with Gasteiger partial charge in [0.25, 0.3) is 11.5 Å². The first-order valence-electron chi connectivity index (χ1n) is 4.34. The highest BCUT2D eigenvalue weighted by Gasteiger charge is 2.12. The lowest BCUT2D eigenvalue weighted by molar-refractivity contribution is -0.384. The van der Waals surface area contributed by atoms with Crippen molar-refractivity contribution >= 4 is 23.2 Å². The number of non-ortho nitro benzene ring substituents is 1.